The second kappa shape index (κ2) is 10.7. The number of rotatable bonds is 6. The van der Waals surface area contributed by atoms with E-state index in [-0.39, 0.29) is 11.5 Å². The number of alkyl halides is 3. The molecule has 1 aliphatic heterocycles. The summed E-state index contributed by atoms with van der Waals surface area (Å²) in [5.41, 5.74) is 1.42. The lowest BCUT2D eigenvalue weighted by molar-refractivity contribution is -0.137. The van der Waals surface area contributed by atoms with E-state index >= 15 is 0 Å². The fourth-order valence-corrected chi connectivity index (χ4v) is 4.56. The van der Waals surface area contributed by atoms with E-state index in [1.165, 1.54) is 13.0 Å². The number of ketones is 1. The van der Waals surface area contributed by atoms with Gasteiger partial charge in [0.2, 0.25) is 5.91 Å². The van der Waals surface area contributed by atoms with Gasteiger partial charge in [0.25, 0.3) is 0 Å². The van der Waals surface area contributed by atoms with E-state index in [2.05, 4.69) is 10.2 Å². The number of carbonyl (C=O) groups excluding carboxylic acids is 2. The highest BCUT2D eigenvalue weighted by Gasteiger charge is 2.34. The number of hydrogen-bond acceptors (Lipinski definition) is 4. The fourth-order valence-electron chi connectivity index (χ4n) is 4.34. The third kappa shape index (κ3) is 5.88. The summed E-state index contributed by atoms with van der Waals surface area (Å²) in [5.74, 6) is -0.415. The van der Waals surface area contributed by atoms with Gasteiger partial charge in [-0.25, -0.2) is 0 Å². The molecule has 0 aromatic heterocycles. The van der Waals surface area contributed by atoms with Gasteiger partial charge in [-0.3, -0.25) is 14.5 Å². The second-order valence-electron chi connectivity index (χ2n) is 8.62. The monoisotopic (exact) mass is 515 g/mol. The SMILES string of the molecule is CC(=O)c1ccc(N2CCN([C@@H](C(=O)Nc3ccc(Cl)c(C(F)(F)F)c3)c3ccccc3)CC2)cc1. The maximum absolute atomic E-state index is 13.4. The van der Waals surface area contributed by atoms with E-state index in [9.17, 15) is 22.8 Å². The van der Waals surface area contributed by atoms with Crippen molar-refractivity contribution in [2.45, 2.75) is 19.1 Å². The van der Waals surface area contributed by atoms with Crippen molar-refractivity contribution in [2.24, 2.45) is 0 Å². The van der Waals surface area contributed by atoms with E-state index in [1.54, 1.807) is 12.1 Å². The number of nitrogens with one attached hydrogen (secondary N) is 1. The molecule has 1 atom stereocenters. The number of nitrogens with zero attached hydrogens (tertiary/aromatic N) is 2. The summed E-state index contributed by atoms with van der Waals surface area (Å²) in [4.78, 5) is 29.1. The Morgan fingerprint density at radius 2 is 1.56 bits per heavy atom. The van der Waals surface area contributed by atoms with Gasteiger partial charge in [0, 0.05) is 43.1 Å². The molecule has 1 amide bonds. The van der Waals surface area contributed by atoms with Gasteiger partial charge in [-0.2, -0.15) is 13.2 Å². The van der Waals surface area contributed by atoms with Crippen molar-refractivity contribution in [1.29, 1.82) is 0 Å². The molecule has 0 bridgehead atoms. The van der Waals surface area contributed by atoms with Crippen molar-refractivity contribution in [3.63, 3.8) is 0 Å². The summed E-state index contributed by atoms with van der Waals surface area (Å²) < 4.78 is 39.9. The van der Waals surface area contributed by atoms with Crippen molar-refractivity contribution in [2.75, 3.05) is 36.4 Å². The van der Waals surface area contributed by atoms with Gasteiger partial charge < -0.3 is 10.2 Å². The molecule has 1 fully saturated rings. The van der Waals surface area contributed by atoms with E-state index in [0.717, 1.165) is 23.4 Å². The molecule has 9 heteroatoms. The molecule has 0 saturated carbocycles. The van der Waals surface area contributed by atoms with Crippen LogP contribution in [0, 0.1) is 0 Å². The molecule has 1 aliphatic rings. The Labute approximate surface area is 212 Å². The predicted octanol–water partition coefficient (Wildman–Crippen LogP) is 6.06. The van der Waals surface area contributed by atoms with Crippen LogP contribution < -0.4 is 10.2 Å². The molecule has 1 heterocycles. The van der Waals surface area contributed by atoms with Crippen LogP contribution in [-0.2, 0) is 11.0 Å². The third-order valence-corrected chi connectivity index (χ3v) is 6.55. The zero-order valence-corrected chi connectivity index (χ0v) is 20.3. The number of halogens is 4. The van der Waals surface area contributed by atoms with Crippen molar-refractivity contribution in [1.82, 2.24) is 4.90 Å². The largest absolute Gasteiger partial charge is 0.417 e. The summed E-state index contributed by atoms with van der Waals surface area (Å²) >= 11 is 5.72. The van der Waals surface area contributed by atoms with Gasteiger partial charge in [0.15, 0.2) is 5.78 Å². The average molecular weight is 516 g/mol. The van der Waals surface area contributed by atoms with E-state index in [1.807, 2.05) is 47.4 Å². The van der Waals surface area contributed by atoms with E-state index in [0.29, 0.717) is 31.7 Å². The Bertz CT molecular complexity index is 1230. The molecule has 3 aromatic carbocycles. The van der Waals surface area contributed by atoms with E-state index in [4.69, 9.17) is 11.6 Å². The quantitative estimate of drug-likeness (QED) is 0.405. The minimum Gasteiger partial charge on any atom is -0.369 e. The smallest absolute Gasteiger partial charge is 0.369 e. The van der Waals surface area contributed by atoms with E-state index < -0.39 is 28.7 Å². The summed E-state index contributed by atoms with van der Waals surface area (Å²) in [6.45, 7) is 3.95. The van der Waals surface area contributed by atoms with Crippen LogP contribution in [0.15, 0.2) is 72.8 Å². The summed E-state index contributed by atoms with van der Waals surface area (Å²) in [5, 5.41) is 2.23. The van der Waals surface area contributed by atoms with Crippen LogP contribution in [-0.4, -0.2) is 42.8 Å². The molecule has 36 heavy (non-hydrogen) atoms. The normalized spacial score (nSPS) is 15.4. The lowest BCUT2D eigenvalue weighted by Gasteiger charge is -2.39. The van der Waals surface area contributed by atoms with Crippen LogP contribution in [0.1, 0.15) is 34.5 Å². The first-order valence-electron chi connectivity index (χ1n) is 11.5. The first-order valence-corrected chi connectivity index (χ1v) is 11.8. The Morgan fingerprint density at radius 1 is 0.917 bits per heavy atom. The van der Waals surface area contributed by atoms with Gasteiger partial charge in [0.1, 0.15) is 6.04 Å². The number of piperazine rings is 1. The molecule has 0 radical (unpaired) electrons. The Hall–Kier alpha value is -3.36. The van der Waals surface area contributed by atoms with Crippen LogP contribution in [0.25, 0.3) is 0 Å². The number of Topliss-reactive ketones (excluding diaryl/α,β-unsaturated/α-hetero) is 1. The second-order valence-corrected chi connectivity index (χ2v) is 9.03. The maximum atomic E-state index is 13.4. The van der Waals surface area contributed by atoms with Crippen molar-refractivity contribution >= 4 is 34.7 Å². The van der Waals surface area contributed by atoms with Crippen molar-refractivity contribution < 1.29 is 22.8 Å². The van der Waals surface area contributed by atoms with Crippen molar-refractivity contribution in [3.8, 4) is 0 Å². The van der Waals surface area contributed by atoms with Crippen LogP contribution in [0.4, 0.5) is 24.5 Å². The Kier molecular flexibility index (Phi) is 7.66. The summed E-state index contributed by atoms with van der Waals surface area (Å²) in [7, 11) is 0. The molecule has 0 spiro atoms. The maximum Gasteiger partial charge on any atom is 0.417 e. The molecule has 3 aromatic rings. The molecular weight excluding hydrogens is 491 g/mol. The zero-order valence-electron chi connectivity index (χ0n) is 19.6. The number of hydrogen-bond donors (Lipinski definition) is 1. The number of amides is 1. The number of benzene rings is 3. The predicted molar refractivity (Wildman–Crippen MR) is 134 cm³/mol. The van der Waals surface area contributed by atoms with Crippen molar-refractivity contribution in [3.05, 3.63) is 94.5 Å². The van der Waals surface area contributed by atoms with Gasteiger partial charge >= 0.3 is 6.18 Å². The molecule has 1 N–H and O–H groups in total. The van der Waals surface area contributed by atoms with Gasteiger partial charge in [0.05, 0.1) is 10.6 Å². The molecule has 188 valence electrons. The minimum atomic E-state index is -4.63. The molecular formula is C27H25ClF3N3O2. The Morgan fingerprint density at radius 3 is 2.14 bits per heavy atom. The van der Waals surface area contributed by atoms with Gasteiger partial charge in [-0.15, -0.1) is 0 Å². The summed E-state index contributed by atoms with van der Waals surface area (Å²) in [6, 6.07) is 19.2. The van der Waals surface area contributed by atoms with Crippen LogP contribution in [0.5, 0.6) is 0 Å². The fraction of sp³-hybridized carbons (Fsp3) is 0.259. The molecule has 4 rings (SSSR count). The van der Waals surface area contributed by atoms with Gasteiger partial charge in [-0.05, 0) is 55.0 Å². The van der Waals surface area contributed by atoms with Gasteiger partial charge in [-0.1, -0.05) is 41.9 Å². The minimum absolute atomic E-state index is 0.00567. The topological polar surface area (TPSA) is 52.7 Å². The number of carbonyl (C=O) groups is 2. The lowest BCUT2D eigenvalue weighted by Crippen LogP contribution is -2.50. The van der Waals surface area contributed by atoms with Crippen LogP contribution in [0.3, 0.4) is 0 Å². The average Bonchev–Trinajstić information content (AvgIpc) is 2.86. The first kappa shape index (κ1) is 25.7. The molecule has 0 unspecified atom stereocenters. The standard InChI is InChI=1S/C27H25ClF3N3O2/c1-18(35)19-7-10-22(11-8-19)33-13-15-34(16-14-33)25(20-5-3-2-4-6-20)26(36)32-21-9-12-24(28)23(17-21)27(29,30)31/h2-12,17,25H,13-16H2,1H3,(H,32,36)/t25-/m1/s1. The molecule has 1 saturated heterocycles. The lowest BCUT2D eigenvalue weighted by atomic mass is 10.0. The zero-order chi connectivity index (χ0) is 25.9. The highest BCUT2D eigenvalue weighted by molar-refractivity contribution is 6.31. The molecule has 5 nitrogen and oxygen atoms in total. The van der Waals surface area contributed by atoms with Crippen LogP contribution >= 0.6 is 11.6 Å². The third-order valence-electron chi connectivity index (χ3n) is 6.22. The van der Waals surface area contributed by atoms with Crippen LogP contribution in [0.2, 0.25) is 5.02 Å². The Balaban J connectivity index is 1.52. The molecule has 0 aliphatic carbocycles. The number of anilines is 2. The first-order chi connectivity index (χ1) is 17.1. The summed E-state index contributed by atoms with van der Waals surface area (Å²) in [6.07, 6.45) is -4.63. The highest BCUT2D eigenvalue weighted by atomic mass is 35.5. The highest BCUT2D eigenvalue weighted by Crippen LogP contribution is 2.36.